The van der Waals surface area contributed by atoms with Crippen molar-refractivity contribution >= 4 is 68.6 Å². The molecule has 9 rings (SSSR count). The number of aromatic nitrogens is 7. The maximum atomic E-state index is 14.0. The predicted octanol–water partition coefficient (Wildman–Crippen LogP) is 7.55. The largest absolute Gasteiger partial charge is 0.478 e. The Labute approximate surface area is 482 Å². The van der Waals surface area contributed by atoms with Crippen molar-refractivity contribution in [2.75, 3.05) is 59.4 Å². The van der Waals surface area contributed by atoms with Gasteiger partial charge in [0.15, 0.2) is 0 Å². The molecule has 82 heavy (non-hydrogen) atoms. The minimum absolute atomic E-state index is 0.0299. The number of likely N-dealkylation sites (tertiary alicyclic amines) is 1. The molecule has 0 aliphatic carbocycles. The van der Waals surface area contributed by atoms with Gasteiger partial charge in [0.1, 0.15) is 24.4 Å². The first-order valence-electron chi connectivity index (χ1n) is 27.0. The van der Waals surface area contributed by atoms with Crippen LogP contribution >= 0.6 is 22.9 Å². The number of fused-ring (bicyclic) bond motifs is 2. The maximum absolute atomic E-state index is 14.0. The van der Waals surface area contributed by atoms with Gasteiger partial charge in [0, 0.05) is 55.4 Å². The van der Waals surface area contributed by atoms with E-state index >= 15 is 0 Å². The number of β-amino-alcohol motifs (C(OH)–C–C–N with tert-alkyl or cyclic N) is 1. The summed E-state index contributed by atoms with van der Waals surface area (Å²) in [4.78, 5) is 67.3. The van der Waals surface area contributed by atoms with E-state index in [1.807, 2.05) is 83.5 Å². The fourth-order valence-corrected chi connectivity index (χ4v) is 10.7. The molecule has 3 atom stereocenters. The molecule has 5 N–H and O–H groups in total. The Balaban J connectivity index is 0.621. The number of carboxylic acids is 1. The van der Waals surface area contributed by atoms with Crippen LogP contribution in [0.1, 0.15) is 60.1 Å². The number of aryl methyl sites for hydroxylation is 4. The molecule has 4 aromatic heterocycles. The highest BCUT2D eigenvalue weighted by Gasteiger charge is 2.44. The topological polar surface area (TPSA) is 259 Å². The number of hydrogen-bond acceptors (Lipinski definition) is 15. The minimum Gasteiger partial charge on any atom is -0.478 e. The highest BCUT2D eigenvalue weighted by Crippen LogP contribution is 2.35. The van der Waals surface area contributed by atoms with Gasteiger partial charge in [-0.3, -0.25) is 14.4 Å². The number of rotatable bonds is 27. The molecule has 0 bridgehead atoms. The summed E-state index contributed by atoms with van der Waals surface area (Å²) >= 11 is 8.29. The summed E-state index contributed by atoms with van der Waals surface area (Å²) in [6.07, 6.45) is 3.90. The maximum Gasteiger partial charge on any atom is 0.336 e. The van der Waals surface area contributed by atoms with Crippen molar-refractivity contribution in [1.29, 1.82) is 0 Å². The number of aromatic carboxylic acids is 1. The average Bonchev–Trinajstić information content (AvgIpc) is 4.46. The number of nitrogens with one attached hydrogen (secondary N) is 3. The third-order valence-electron chi connectivity index (χ3n) is 14.0. The molecule has 8 aromatic rings. The smallest absolute Gasteiger partial charge is 0.336 e. The third-order valence-corrected chi connectivity index (χ3v) is 15.3. The molecule has 432 valence electrons. The summed E-state index contributed by atoms with van der Waals surface area (Å²) in [5, 5.41) is 36.5. The van der Waals surface area contributed by atoms with Crippen molar-refractivity contribution in [1.82, 2.24) is 50.0 Å². The number of carboxylic acid groups (broad SMARTS) is 1. The molecule has 21 nitrogen and oxygen atoms in total. The second kappa shape index (κ2) is 27.0. The highest BCUT2D eigenvalue weighted by molar-refractivity contribution is 7.13. The zero-order valence-electron chi connectivity index (χ0n) is 46.4. The summed E-state index contributed by atoms with van der Waals surface area (Å²) in [6.45, 7) is 9.82. The molecule has 1 aliphatic rings. The van der Waals surface area contributed by atoms with Gasteiger partial charge in [-0.1, -0.05) is 74.0 Å². The zero-order valence-corrected chi connectivity index (χ0v) is 47.9. The Morgan fingerprint density at radius 3 is 2.34 bits per heavy atom. The van der Waals surface area contributed by atoms with Gasteiger partial charge >= 0.3 is 5.97 Å². The SMILES string of the molecule is Cc1ncsc1-c1ccc(CNC(=O)[C@@H]2C[C@@H](O)CN2C(=O)[C@@H](NC(=O)COCCOCCOCCOCCn2cc(CCc3ccc(Oc4nc5cc(-c6ccc7c(ccn7C)c6)c(Cl)cc5[nH]4)cc3C(=O)O)nn2)C(C)(C)C)cc1. The Hall–Kier alpha value is -7.57. The summed E-state index contributed by atoms with van der Waals surface area (Å²) in [7, 11) is 2.00. The minimum atomic E-state index is -1.08. The molecule has 1 fully saturated rings. The van der Waals surface area contributed by atoms with Gasteiger partial charge in [0.2, 0.25) is 17.7 Å². The molecule has 4 aromatic carbocycles. The molecule has 0 saturated carbocycles. The second-order valence-electron chi connectivity index (χ2n) is 21.1. The van der Waals surface area contributed by atoms with Crippen LogP contribution < -0.4 is 15.4 Å². The van der Waals surface area contributed by atoms with Gasteiger partial charge in [-0.25, -0.2) is 14.5 Å². The number of hydrogen-bond donors (Lipinski definition) is 5. The lowest BCUT2D eigenvalue weighted by Gasteiger charge is -2.35. The van der Waals surface area contributed by atoms with Crippen molar-refractivity contribution in [2.24, 2.45) is 12.5 Å². The Morgan fingerprint density at radius 2 is 1.62 bits per heavy atom. The highest BCUT2D eigenvalue weighted by atomic mass is 35.5. The van der Waals surface area contributed by atoms with Gasteiger partial charge in [0.05, 0.1) is 102 Å². The van der Waals surface area contributed by atoms with E-state index in [-0.39, 0.29) is 56.8 Å². The lowest BCUT2D eigenvalue weighted by Crippen LogP contribution is -2.58. The van der Waals surface area contributed by atoms with Crippen molar-refractivity contribution in [2.45, 2.75) is 78.2 Å². The van der Waals surface area contributed by atoms with E-state index in [0.29, 0.717) is 85.5 Å². The first-order chi connectivity index (χ1) is 39.5. The number of amides is 3. The van der Waals surface area contributed by atoms with Crippen LogP contribution in [0, 0.1) is 12.3 Å². The lowest BCUT2D eigenvalue weighted by molar-refractivity contribution is -0.144. The number of thiazole rings is 1. The van der Waals surface area contributed by atoms with Crippen LogP contribution in [0.2, 0.25) is 5.02 Å². The van der Waals surface area contributed by atoms with Gasteiger partial charge in [-0.2, -0.15) is 4.98 Å². The van der Waals surface area contributed by atoms with Gasteiger partial charge in [-0.15, -0.1) is 16.4 Å². The standard InChI is InChI=1S/C59H67ClN10O11S/c1-36-53(82-35-62-36)39-8-6-37(7-9-39)31-61-55(73)51-27-43(71)33-70(51)56(74)54(59(2,3)4)65-52(72)34-80-25-24-79-23-22-78-21-20-77-19-18-69-32-42(66-67-69)13-10-38-11-14-44(28-46(38)57(75)76)81-58-63-48-29-45(47(60)30-49(48)64-58)40-12-15-50-41(26-40)16-17-68(50)5/h6-9,11-12,14-17,26,28-30,32,35,43,51,54,71H,10,13,18-25,27,31,33-34H2,1-5H3,(H,61,73)(H,63,64)(H,65,72)(H,75,76)/t43-,51+,54-/m1/s1. The Morgan fingerprint density at radius 1 is 0.890 bits per heavy atom. The van der Waals surface area contributed by atoms with Crippen LogP contribution in [0.15, 0.2) is 96.8 Å². The molecular weight excluding hydrogens is 1090 g/mol. The number of benzene rings is 4. The van der Waals surface area contributed by atoms with Crippen molar-refractivity contribution in [3.05, 3.63) is 130 Å². The quantitative estimate of drug-likeness (QED) is 0.0312. The monoisotopic (exact) mass is 1160 g/mol. The second-order valence-corrected chi connectivity index (χ2v) is 22.4. The fourth-order valence-electron chi connectivity index (χ4n) is 9.66. The van der Waals surface area contributed by atoms with E-state index in [9.17, 15) is 29.4 Å². The van der Waals surface area contributed by atoms with E-state index in [4.69, 9.17) is 35.3 Å². The van der Waals surface area contributed by atoms with E-state index in [1.54, 1.807) is 39.7 Å². The van der Waals surface area contributed by atoms with Crippen LogP contribution in [0.3, 0.4) is 0 Å². The lowest BCUT2D eigenvalue weighted by atomic mass is 9.85. The number of aliphatic hydroxyl groups excluding tert-OH is 1. The predicted molar refractivity (Wildman–Crippen MR) is 309 cm³/mol. The van der Waals surface area contributed by atoms with Crippen molar-refractivity contribution in [3.63, 3.8) is 0 Å². The number of halogens is 1. The molecule has 1 saturated heterocycles. The number of carbonyl (C=O) groups excluding carboxylic acids is 3. The first-order valence-corrected chi connectivity index (χ1v) is 28.3. The summed E-state index contributed by atoms with van der Waals surface area (Å²) in [5.74, 6) is -2.11. The molecule has 0 unspecified atom stereocenters. The third kappa shape index (κ3) is 15.1. The van der Waals surface area contributed by atoms with E-state index in [1.165, 1.54) is 11.0 Å². The van der Waals surface area contributed by atoms with E-state index in [0.717, 1.165) is 43.7 Å². The van der Waals surface area contributed by atoms with Crippen LogP contribution in [0.25, 0.3) is 43.5 Å². The summed E-state index contributed by atoms with van der Waals surface area (Å²) in [5.41, 5.74) is 9.64. The Kier molecular flexibility index (Phi) is 19.5. The normalized spacial score (nSPS) is 14.9. The van der Waals surface area contributed by atoms with Crippen LogP contribution in [-0.4, -0.2) is 151 Å². The zero-order chi connectivity index (χ0) is 57.9. The molecule has 3 amide bonds. The fraction of sp³-hybridized carbons (Fsp3) is 0.390. The van der Waals surface area contributed by atoms with Crippen LogP contribution in [-0.2, 0) is 66.3 Å². The van der Waals surface area contributed by atoms with Gasteiger partial charge < -0.3 is 59.0 Å². The van der Waals surface area contributed by atoms with Crippen molar-refractivity contribution < 1.29 is 53.1 Å². The van der Waals surface area contributed by atoms with Crippen LogP contribution in [0.4, 0.5) is 0 Å². The average molecular weight is 1160 g/mol. The summed E-state index contributed by atoms with van der Waals surface area (Å²) < 4.78 is 32.2. The molecule has 0 spiro atoms. The van der Waals surface area contributed by atoms with Gasteiger partial charge in [0.25, 0.3) is 6.01 Å². The number of imidazole rings is 1. The molecular formula is C59H67ClN10O11S. The molecule has 23 heteroatoms. The van der Waals surface area contributed by atoms with Crippen molar-refractivity contribution in [3.8, 4) is 33.3 Å². The molecule has 5 heterocycles. The van der Waals surface area contributed by atoms with Gasteiger partial charge in [-0.05, 0) is 89.9 Å². The number of carbonyl (C=O) groups is 4. The number of nitrogens with zero attached hydrogens (tertiary/aromatic N) is 7. The summed E-state index contributed by atoms with van der Waals surface area (Å²) in [6, 6.07) is 23.0. The first kappa shape index (κ1) is 59.1. The van der Waals surface area contributed by atoms with Crippen LogP contribution in [0.5, 0.6) is 11.8 Å². The number of aromatic amines is 1. The number of H-pyrrole nitrogens is 1. The molecule has 0 radical (unpaired) electrons. The van der Waals surface area contributed by atoms with E-state index < -0.39 is 41.4 Å². The Bertz CT molecular complexity index is 3520. The number of ether oxygens (including phenoxy) is 5. The number of aliphatic hydroxyl groups is 1. The van der Waals surface area contributed by atoms with E-state index in [2.05, 4.69) is 58.7 Å². The molecule has 1 aliphatic heterocycles.